The summed E-state index contributed by atoms with van der Waals surface area (Å²) in [5, 5.41) is 0.289. The Morgan fingerprint density at radius 3 is 2.62 bits per heavy atom. The summed E-state index contributed by atoms with van der Waals surface area (Å²) in [7, 11) is 0. The lowest BCUT2D eigenvalue weighted by Gasteiger charge is -2.11. The Morgan fingerprint density at radius 1 is 1.31 bits per heavy atom. The monoisotopic (exact) mass is 245 g/mol. The number of nitrogens with two attached hydrogens (primary N) is 1. The summed E-state index contributed by atoms with van der Waals surface area (Å²) < 4.78 is 26.6. The Kier molecular flexibility index (Phi) is 5.06. The van der Waals surface area contributed by atoms with Gasteiger partial charge in [-0.1, -0.05) is 26.7 Å². The normalized spacial score (nSPS) is 12.8. The molecular formula is C12H17F2NS. The molecule has 0 fully saturated rings. The van der Waals surface area contributed by atoms with Gasteiger partial charge in [-0.2, -0.15) is 0 Å². The van der Waals surface area contributed by atoms with Crippen molar-refractivity contribution < 1.29 is 8.78 Å². The zero-order chi connectivity index (χ0) is 12.1. The van der Waals surface area contributed by atoms with Crippen LogP contribution in [0.4, 0.5) is 14.5 Å². The quantitative estimate of drug-likeness (QED) is 0.621. The van der Waals surface area contributed by atoms with Gasteiger partial charge in [-0.3, -0.25) is 0 Å². The molecule has 4 heteroatoms. The third-order valence-corrected chi connectivity index (χ3v) is 3.55. The number of rotatable bonds is 5. The topological polar surface area (TPSA) is 26.0 Å². The second-order valence-electron chi connectivity index (χ2n) is 3.87. The van der Waals surface area contributed by atoms with Gasteiger partial charge in [0.05, 0.1) is 5.69 Å². The highest BCUT2D eigenvalue weighted by Crippen LogP contribution is 2.30. The van der Waals surface area contributed by atoms with Crippen LogP contribution < -0.4 is 5.73 Å². The van der Waals surface area contributed by atoms with E-state index in [4.69, 9.17) is 5.73 Å². The van der Waals surface area contributed by atoms with Crippen molar-refractivity contribution in [2.45, 2.75) is 43.3 Å². The Bertz CT molecular complexity index is 355. The fraction of sp³-hybridized carbons (Fsp3) is 0.500. The molecule has 1 atom stereocenters. The number of halogens is 2. The lowest BCUT2D eigenvalue weighted by molar-refractivity contribution is 0.579. The molecule has 0 saturated carbocycles. The fourth-order valence-electron chi connectivity index (χ4n) is 1.40. The molecule has 0 radical (unpaired) electrons. The average Bonchev–Trinajstić information content (AvgIpc) is 2.23. The highest BCUT2D eigenvalue weighted by molar-refractivity contribution is 7.99. The van der Waals surface area contributed by atoms with Crippen molar-refractivity contribution in [3.8, 4) is 0 Å². The van der Waals surface area contributed by atoms with Crippen molar-refractivity contribution in [3.05, 3.63) is 23.8 Å². The van der Waals surface area contributed by atoms with Crippen LogP contribution in [-0.2, 0) is 0 Å². The zero-order valence-corrected chi connectivity index (χ0v) is 10.4. The molecule has 0 amide bonds. The van der Waals surface area contributed by atoms with Crippen LogP contribution in [0, 0.1) is 11.6 Å². The summed E-state index contributed by atoms with van der Waals surface area (Å²) in [6.45, 7) is 4.13. The Morgan fingerprint density at radius 2 is 2.00 bits per heavy atom. The maximum absolute atomic E-state index is 13.4. The molecule has 1 nitrogen and oxygen atoms in total. The van der Waals surface area contributed by atoms with E-state index in [0.717, 1.165) is 25.3 Å². The highest BCUT2D eigenvalue weighted by atomic mass is 32.2. The van der Waals surface area contributed by atoms with Gasteiger partial charge in [0.1, 0.15) is 11.6 Å². The summed E-state index contributed by atoms with van der Waals surface area (Å²) in [5.41, 5.74) is 5.14. The zero-order valence-electron chi connectivity index (χ0n) is 9.59. The Balaban J connectivity index is 2.69. The van der Waals surface area contributed by atoms with Crippen LogP contribution in [0.1, 0.15) is 33.1 Å². The molecule has 0 bridgehead atoms. The first-order chi connectivity index (χ1) is 7.54. The highest BCUT2D eigenvalue weighted by Gasteiger charge is 2.11. The van der Waals surface area contributed by atoms with Crippen LogP contribution in [-0.4, -0.2) is 5.25 Å². The summed E-state index contributed by atoms with van der Waals surface area (Å²) in [6.07, 6.45) is 3.23. The fourth-order valence-corrected chi connectivity index (χ4v) is 2.46. The van der Waals surface area contributed by atoms with E-state index >= 15 is 0 Å². The third kappa shape index (κ3) is 3.67. The van der Waals surface area contributed by atoms with Crippen LogP contribution in [0.3, 0.4) is 0 Å². The molecule has 0 aliphatic heterocycles. The molecule has 0 aliphatic carbocycles. The summed E-state index contributed by atoms with van der Waals surface area (Å²) >= 11 is 1.36. The first-order valence-corrected chi connectivity index (χ1v) is 6.33. The molecule has 0 spiro atoms. The van der Waals surface area contributed by atoms with Crippen molar-refractivity contribution in [1.29, 1.82) is 0 Å². The molecule has 0 heterocycles. The van der Waals surface area contributed by atoms with Crippen molar-refractivity contribution in [2.75, 3.05) is 5.73 Å². The van der Waals surface area contributed by atoms with E-state index in [2.05, 4.69) is 6.92 Å². The van der Waals surface area contributed by atoms with Crippen LogP contribution in [0.25, 0.3) is 0 Å². The number of nitrogen functional groups attached to an aromatic ring is 1. The molecule has 1 rings (SSSR count). The van der Waals surface area contributed by atoms with Gasteiger partial charge < -0.3 is 5.73 Å². The number of anilines is 1. The van der Waals surface area contributed by atoms with E-state index in [1.807, 2.05) is 6.92 Å². The van der Waals surface area contributed by atoms with E-state index in [0.29, 0.717) is 4.90 Å². The second kappa shape index (κ2) is 6.09. The predicted molar refractivity (Wildman–Crippen MR) is 65.6 cm³/mol. The number of benzene rings is 1. The molecule has 90 valence electrons. The first-order valence-electron chi connectivity index (χ1n) is 5.45. The molecule has 1 unspecified atom stereocenters. The summed E-state index contributed by atoms with van der Waals surface area (Å²) in [6, 6.07) is 2.22. The number of unbranched alkanes of at least 4 members (excludes halogenated alkanes) is 1. The van der Waals surface area contributed by atoms with Crippen LogP contribution in [0.15, 0.2) is 17.0 Å². The third-order valence-electron chi connectivity index (χ3n) is 2.34. The predicted octanol–water partition coefficient (Wildman–Crippen LogP) is 4.22. The lowest BCUT2D eigenvalue weighted by Crippen LogP contribution is -1.99. The van der Waals surface area contributed by atoms with Crippen molar-refractivity contribution >= 4 is 17.4 Å². The average molecular weight is 245 g/mol. The molecular weight excluding hydrogens is 228 g/mol. The van der Waals surface area contributed by atoms with E-state index in [1.165, 1.54) is 17.8 Å². The molecule has 0 aromatic heterocycles. The van der Waals surface area contributed by atoms with Crippen molar-refractivity contribution in [1.82, 2.24) is 0 Å². The van der Waals surface area contributed by atoms with E-state index < -0.39 is 11.6 Å². The van der Waals surface area contributed by atoms with Gasteiger partial charge in [0.2, 0.25) is 0 Å². The molecule has 1 aromatic rings. The largest absolute Gasteiger partial charge is 0.396 e. The van der Waals surface area contributed by atoms with Gasteiger partial charge in [-0.25, -0.2) is 8.78 Å². The van der Waals surface area contributed by atoms with Crippen molar-refractivity contribution in [3.63, 3.8) is 0 Å². The molecule has 16 heavy (non-hydrogen) atoms. The number of hydrogen-bond acceptors (Lipinski definition) is 2. The summed E-state index contributed by atoms with van der Waals surface area (Å²) in [4.78, 5) is 0.343. The Hall–Kier alpha value is -0.770. The van der Waals surface area contributed by atoms with Gasteiger partial charge in [-0.15, -0.1) is 11.8 Å². The van der Waals surface area contributed by atoms with Gasteiger partial charge in [-0.05, 0) is 12.5 Å². The number of hydrogen-bond donors (Lipinski definition) is 1. The Labute approximate surface area is 99.4 Å². The van der Waals surface area contributed by atoms with Crippen LogP contribution in [0.2, 0.25) is 0 Å². The molecule has 0 aliphatic rings. The smallest absolute Gasteiger partial charge is 0.147 e. The molecule has 0 saturated heterocycles. The van der Waals surface area contributed by atoms with Gasteiger partial charge in [0.15, 0.2) is 0 Å². The van der Waals surface area contributed by atoms with E-state index in [-0.39, 0.29) is 10.9 Å². The SMILES string of the molecule is CCCCC(C)Sc1cc(F)c(N)cc1F. The first kappa shape index (κ1) is 13.3. The van der Waals surface area contributed by atoms with E-state index in [9.17, 15) is 8.78 Å². The molecule has 1 aromatic carbocycles. The van der Waals surface area contributed by atoms with Crippen molar-refractivity contribution in [2.24, 2.45) is 0 Å². The van der Waals surface area contributed by atoms with Crippen LogP contribution in [0.5, 0.6) is 0 Å². The minimum absolute atomic E-state index is 0.136. The van der Waals surface area contributed by atoms with E-state index in [1.54, 1.807) is 0 Å². The summed E-state index contributed by atoms with van der Waals surface area (Å²) in [5.74, 6) is -0.987. The van der Waals surface area contributed by atoms with Gasteiger partial charge in [0, 0.05) is 16.2 Å². The maximum atomic E-state index is 13.4. The minimum Gasteiger partial charge on any atom is -0.396 e. The second-order valence-corrected chi connectivity index (χ2v) is 5.36. The van der Waals surface area contributed by atoms with Gasteiger partial charge >= 0.3 is 0 Å². The number of thioether (sulfide) groups is 1. The minimum atomic E-state index is -0.549. The standard InChI is InChI=1S/C12H17F2NS/c1-3-4-5-8(2)16-12-7-9(13)11(15)6-10(12)14/h6-8H,3-5,15H2,1-2H3. The van der Waals surface area contributed by atoms with Gasteiger partial charge in [0.25, 0.3) is 0 Å². The lowest BCUT2D eigenvalue weighted by atomic mass is 10.2. The molecule has 2 N–H and O–H groups in total. The maximum Gasteiger partial charge on any atom is 0.147 e. The van der Waals surface area contributed by atoms with Crippen LogP contribution >= 0.6 is 11.8 Å².